The Morgan fingerprint density at radius 1 is 1.19 bits per heavy atom. The number of hydrogen-bond donors (Lipinski definition) is 2. The number of aryl methyl sites for hydroxylation is 2. The van der Waals surface area contributed by atoms with Crippen molar-refractivity contribution in [3.05, 3.63) is 51.5 Å². The number of carbonyl (C=O) groups is 1. The fourth-order valence-corrected chi connectivity index (χ4v) is 3.51. The smallest absolute Gasteiger partial charge is 0.265 e. The first-order chi connectivity index (χ1) is 12.0. The summed E-state index contributed by atoms with van der Waals surface area (Å²) in [6.45, 7) is 7.12. The molecule has 0 saturated heterocycles. The van der Waals surface area contributed by atoms with Crippen molar-refractivity contribution in [2.75, 3.05) is 5.32 Å². The Kier molecular flexibility index (Phi) is 6.10. The molecule has 0 spiro atoms. The van der Waals surface area contributed by atoms with Crippen LogP contribution in [0.3, 0.4) is 0 Å². The number of halogens is 1. The van der Waals surface area contributed by atoms with Crippen LogP contribution in [0.15, 0.2) is 39.7 Å². The van der Waals surface area contributed by atoms with Gasteiger partial charge in [-0.15, -0.1) is 0 Å². The van der Waals surface area contributed by atoms with Gasteiger partial charge in [-0.05, 0) is 84.6 Å². The number of carbonyl (C=O) groups excluding carboxylic acids is 1. The fraction of sp³-hybridized carbons (Fsp3) is 0.278. The second kappa shape index (κ2) is 7.77. The van der Waals surface area contributed by atoms with Crippen molar-refractivity contribution in [1.82, 2.24) is 0 Å². The van der Waals surface area contributed by atoms with E-state index < -0.39 is 22.0 Å². The van der Waals surface area contributed by atoms with Gasteiger partial charge in [-0.2, -0.15) is 0 Å². The topological polar surface area (TPSA) is 98.5 Å². The lowest BCUT2D eigenvalue weighted by Gasteiger charge is -2.18. The van der Waals surface area contributed by atoms with Gasteiger partial charge in [0.15, 0.2) is 6.10 Å². The van der Waals surface area contributed by atoms with E-state index in [1.807, 2.05) is 19.1 Å². The van der Waals surface area contributed by atoms with Crippen LogP contribution < -0.4 is 15.2 Å². The van der Waals surface area contributed by atoms with E-state index in [2.05, 4.69) is 21.2 Å². The third-order valence-corrected chi connectivity index (χ3v) is 5.50. The Balaban J connectivity index is 2.22. The zero-order valence-corrected chi connectivity index (χ0v) is 17.4. The van der Waals surface area contributed by atoms with Crippen LogP contribution in [0.25, 0.3) is 0 Å². The zero-order valence-electron chi connectivity index (χ0n) is 15.0. The number of benzene rings is 2. The maximum atomic E-state index is 12.5. The second-order valence-electron chi connectivity index (χ2n) is 6.14. The molecule has 26 heavy (non-hydrogen) atoms. The Morgan fingerprint density at radius 2 is 1.85 bits per heavy atom. The molecule has 3 N–H and O–H groups in total. The van der Waals surface area contributed by atoms with E-state index in [1.54, 1.807) is 26.8 Å². The maximum Gasteiger partial charge on any atom is 0.265 e. The number of ether oxygens (including phenoxy) is 1. The first-order valence-corrected chi connectivity index (χ1v) is 10.2. The first-order valence-electron chi connectivity index (χ1n) is 7.86. The van der Waals surface area contributed by atoms with Gasteiger partial charge in [-0.1, -0.05) is 6.07 Å². The van der Waals surface area contributed by atoms with E-state index in [1.165, 1.54) is 12.1 Å². The lowest BCUT2D eigenvalue weighted by atomic mass is 10.1. The molecule has 6 nitrogen and oxygen atoms in total. The molecule has 1 amide bonds. The summed E-state index contributed by atoms with van der Waals surface area (Å²) >= 11 is 3.41. The summed E-state index contributed by atoms with van der Waals surface area (Å²) in [5, 5.41) is 7.91. The van der Waals surface area contributed by atoms with Gasteiger partial charge < -0.3 is 10.1 Å². The number of anilines is 1. The number of rotatable bonds is 5. The van der Waals surface area contributed by atoms with Crippen LogP contribution in [0.5, 0.6) is 5.75 Å². The minimum Gasteiger partial charge on any atom is -0.480 e. The lowest BCUT2D eigenvalue weighted by molar-refractivity contribution is -0.122. The SMILES string of the molecule is Cc1ccc(OC(C)C(=O)Nc2cc(S(N)(=O)=O)cc(C)c2C)c(Br)c1. The summed E-state index contributed by atoms with van der Waals surface area (Å²) in [5.41, 5.74) is 2.92. The zero-order chi connectivity index (χ0) is 19.6. The fourth-order valence-electron chi connectivity index (χ4n) is 2.30. The predicted molar refractivity (Wildman–Crippen MR) is 105 cm³/mol. The van der Waals surface area contributed by atoms with Crippen molar-refractivity contribution in [2.45, 2.75) is 38.7 Å². The molecular weight excluding hydrogens is 420 g/mol. The molecule has 1 atom stereocenters. The quantitative estimate of drug-likeness (QED) is 0.743. The summed E-state index contributed by atoms with van der Waals surface area (Å²) in [6, 6.07) is 8.38. The average Bonchev–Trinajstić information content (AvgIpc) is 2.53. The maximum absolute atomic E-state index is 12.5. The Morgan fingerprint density at radius 3 is 2.42 bits per heavy atom. The summed E-state index contributed by atoms with van der Waals surface area (Å²) in [7, 11) is -3.87. The molecule has 0 fully saturated rings. The van der Waals surface area contributed by atoms with Crippen molar-refractivity contribution in [3.63, 3.8) is 0 Å². The van der Waals surface area contributed by atoms with Gasteiger partial charge >= 0.3 is 0 Å². The molecule has 2 rings (SSSR count). The van der Waals surface area contributed by atoms with Crippen LogP contribution in [0, 0.1) is 20.8 Å². The van der Waals surface area contributed by atoms with Crippen molar-refractivity contribution in [2.24, 2.45) is 5.14 Å². The Hall–Kier alpha value is -1.90. The monoisotopic (exact) mass is 440 g/mol. The molecule has 0 bridgehead atoms. The van der Waals surface area contributed by atoms with Gasteiger partial charge in [-0.3, -0.25) is 4.79 Å². The third kappa shape index (κ3) is 4.84. The molecule has 0 heterocycles. The Bertz CT molecular complexity index is 958. The van der Waals surface area contributed by atoms with Gasteiger partial charge in [0, 0.05) is 5.69 Å². The minimum atomic E-state index is -3.87. The van der Waals surface area contributed by atoms with Crippen LogP contribution >= 0.6 is 15.9 Å². The normalized spacial score (nSPS) is 12.5. The van der Waals surface area contributed by atoms with Crippen LogP contribution in [0.1, 0.15) is 23.6 Å². The molecule has 0 saturated carbocycles. The third-order valence-electron chi connectivity index (χ3n) is 3.99. The van der Waals surface area contributed by atoms with E-state index in [0.717, 1.165) is 15.6 Å². The summed E-state index contributed by atoms with van der Waals surface area (Å²) < 4.78 is 29.7. The largest absolute Gasteiger partial charge is 0.480 e. The molecule has 0 aliphatic carbocycles. The van der Waals surface area contributed by atoms with Crippen molar-refractivity contribution >= 4 is 37.5 Å². The van der Waals surface area contributed by atoms with Gasteiger partial charge in [0.2, 0.25) is 10.0 Å². The van der Waals surface area contributed by atoms with Gasteiger partial charge in [0.25, 0.3) is 5.91 Å². The molecule has 0 aliphatic rings. The lowest BCUT2D eigenvalue weighted by Crippen LogP contribution is -2.30. The summed E-state index contributed by atoms with van der Waals surface area (Å²) in [5.74, 6) is 0.149. The molecule has 1 unspecified atom stereocenters. The number of primary sulfonamides is 1. The molecule has 2 aromatic carbocycles. The van der Waals surface area contributed by atoms with Crippen LogP contribution in [0.2, 0.25) is 0 Å². The standard InChI is InChI=1S/C18H21BrN2O4S/c1-10-5-6-17(15(19)7-10)25-13(4)18(22)21-16-9-14(26(20,23)24)8-11(2)12(16)3/h5-9,13H,1-4H3,(H,21,22)(H2,20,23,24). The second-order valence-corrected chi connectivity index (χ2v) is 8.56. The molecular formula is C18H21BrN2O4S. The summed E-state index contributed by atoms with van der Waals surface area (Å²) in [6.07, 6.45) is -0.785. The molecule has 8 heteroatoms. The predicted octanol–water partition coefficient (Wildman–Crippen LogP) is 3.43. The molecule has 140 valence electrons. The highest BCUT2D eigenvalue weighted by atomic mass is 79.9. The molecule has 0 aliphatic heterocycles. The molecule has 0 radical (unpaired) electrons. The Labute approximate surface area is 161 Å². The van der Waals surface area contributed by atoms with Gasteiger partial charge in [-0.25, -0.2) is 13.6 Å². The number of nitrogens with one attached hydrogen (secondary N) is 1. The van der Waals surface area contributed by atoms with E-state index in [-0.39, 0.29) is 4.90 Å². The van der Waals surface area contributed by atoms with E-state index >= 15 is 0 Å². The first kappa shape index (κ1) is 20.4. The average molecular weight is 441 g/mol. The summed E-state index contributed by atoms with van der Waals surface area (Å²) in [4.78, 5) is 12.4. The van der Waals surface area contributed by atoms with Crippen LogP contribution in [0.4, 0.5) is 5.69 Å². The van der Waals surface area contributed by atoms with Crippen molar-refractivity contribution in [3.8, 4) is 5.75 Å². The van der Waals surface area contributed by atoms with Gasteiger partial charge in [0.05, 0.1) is 9.37 Å². The van der Waals surface area contributed by atoms with E-state index in [4.69, 9.17) is 9.88 Å². The number of hydrogen-bond acceptors (Lipinski definition) is 4. The van der Waals surface area contributed by atoms with Gasteiger partial charge in [0.1, 0.15) is 5.75 Å². The van der Waals surface area contributed by atoms with Crippen LogP contribution in [-0.2, 0) is 14.8 Å². The minimum absolute atomic E-state index is 0.0502. The van der Waals surface area contributed by atoms with Crippen molar-refractivity contribution < 1.29 is 17.9 Å². The highest BCUT2D eigenvalue weighted by Crippen LogP contribution is 2.27. The molecule has 2 aromatic rings. The van der Waals surface area contributed by atoms with Crippen molar-refractivity contribution in [1.29, 1.82) is 0 Å². The highest BCUT2D eigenvalue weighted by molar-refractivity contribution is 9.10. The number of amides is 1. The van der Waals surface area contributed by atoms with Crippen LogP contribution in [-0.4, -0.2) is 20.4 Å². The highest BCUT2D eigenvalue weighted by Gasteiger charge is 2.19. The van der Waals surface area contributed by atoms with E-state index in [9.17, 15) is 13.2 Å². The number of sulfonamides is 1. The molecule has 0 aromatic heterocycles. The van der Waals surface area contributed by atoms with E-state index in [0.29, 0.717) is 17.0 Å². The number of nitrogens with two attached hydrogens (primary N) is 1.